The van der Waals surface area contributed by atoms with Crippen LogP contribution in [-0.4, -0.2) is 11.1 Å². The van der Waals surface area contributed by atoms with E-state index in [2.05, 4.69) is 15.9 Å². The number of carbonyl (C=O) groups is 1. The number of carboxylic acids is 1. The van der Waals surface area contributed by atoms with Gasteiger partial charge in [-0.2, -0.15) is 0 Å². The first kappa shape index (κ1) is 14.8. The maximum Gasteiger partial charge on any atom is 0.328 e. The molecule has 3 N–H and O–H groups in total. The maximum atomic E-state index is 11.6. The summed E-state index contributed by atoms with van der Waals surface area (Å²) in [6, 6.07) is 16.8. The van der Waals surface area contributed by atoms with E-state index in [0.717, 1.165) is 10.0 Å². The first-order chi connectivity index (χ1) is 9.52. The molecule has 0 aliphatic rings. The number of benzene rings is 2. The molecule has 0 aliphatic carbocycles. The van der Waals surface area contributed by atoms with Gasteiger partial charge in [-0.3, -0.25) is 0 Å². The summed E-state index contributed by atoms with van der Waals surface area (Å²) in [4.78, 5) is 11.6. The van der Waals surface area contributed by atoms with Crippen LogP contribution in [-0.2, 0) is 16.8 Å². The summed E-state index contributed by atoms with van der Waals surface area (Å²) >= 11 is 3.41. The summed E-state index contributed by atoms with van der Waals surface area (Å²) < 4.78 is 0.979. The van der Waals surface area contributed by atoms with Crippen LogP contribution in [0.2, 0.25) is 0 Å². The molecular formula is C16H16BrNO2. The van der Waals surface area contributed by atoms with Crippen LogP contribution < -0.4 is 5.73 Å². The topological polar surface area (TPSA) is 63.3 Å². The zero-order chi connectivity index (χ0) is 14.6. The van der Waals surface area contributed by atoms with Crippen molar-refractivity contribution >= 4 is 21.9 Å². The van der Waals surface area contributed by atoms with Crippen molar-refractivity contribution in [1.82, 2.24) is 0 Å². The van der Waals surface area contributed by atoms with E-state index in [-0.39, 0.29) is 0 Å². The number of aryl methyl sites for hydroxylation is 1. The van der Waals surface area contributed by atoms with E-state index in [0.29, 0.717) is 18.4 Å². The standard InChI is InChI=1S/C16H16BrNO2/c17-14-8-4-5-12(11-14)9-10-16(18,15(19)20)13-6-2-1-3-7-13/h1-8,11H,9-10,18H2,(H,19,20)/t16-/m0/s1. The average Bonchev–Trinajstić information content (AvgIpc) is 2.45. The van der Waals surface area contributed by atoms with E-state index in [1.807, 2.05) is 30.3 Å². The zero-order valence-corrected chi connectivity index (χ0v) is 12.5. The lowest BCUT2D eigenvalue weighted by atomic mass is 9.85. The van der Waals surface area contributed by atoms with Crippen molar-refractivity contribution in [1.29, 1.82) is 0 Å². The molecule has 0 amide bonds. The number of hydrogen-bond acceptors (Lipinski definition) is 2. The van der Waals surface area contributed by atoms with Gasteiger partial charge in [0.05, 0.1) is 0 Å². The molecule has 20 heavy (non-hydrogen) atoms. The van der Waals surface area contributed by atoms with Crippen LogP contribution >= 0.6 is 15.9 Å². The molecule has 3 nitrogen and oxygen atoms in total. The van der Waals surface area contributed by atoms with E-state index in [9.17, 15) is 9.90 Å². The molecule has 0 saturated heterocycles. The van der Waals surface area contributed by atoms with Crippen molar-refractivity contribution in [3.8, 4) is 0 Å². The molecule has 0 aliphatic heterocycles. The van der Waals surface area contributed by atoms with Crippen molar-refractivity contribution in [2.24, 2.45) is 5.73 Å². The second kappa shape index (κ2) is 6.20. The monoisotopic (exact) mass is 333 g/mol. The Kier molecular flexibility index (Phi) is 4.57. The molecule has 0 saturated carbocycles. The number of halogens is 1. The molecule has 0 heterocycles. The third-order valence-corrected chi connectivity index (χ3v) is 3.86. The number of nitrogens with two attached hydrogens (primary N) is 1. The van der Waals surface area contributed by atoms with Crippen molar-refractivity contribution in [2.45, 2.75) is 18.4 Å². The number of carboxylic acid groups (broad SMARTS) is 1. The Morgan fingerprint density at radius 3 is 2.45 bits per heavy atom. The van der Waals surface area contributed by atoms with Crippen LogP contribution in [0.4, 0.5) is 0 Å². The highest BCUT2D eigenvalue weighted by molar-refractivity contribution is 9.10. The first-order valence-corrected chi connectivity index (χ1v) is 7.14. The second-order valence-corrected chi connectivity index (χ2v) is 5.69. The third-order valence-electron chi connectivity index (χ3n) is 3.37. The second-order valence-electron chi connectivity index (χ2n) is 4.77. The third kappa shape index (κ3) is 3.26. The van der Waals surface area contributed by atoms with Crippen LogP contribution in [0.15, 0.2) is 59.1 Å². The summed E-state index contributed by atoms with van der Waals surface area (Å²) in [5.74, 6) is -1.00. The summed E-state index contributed by atoms with van der Waals surface area (Å²) in [7, 11) is 0. The van der Waals surface area contributed by atoms with Gasteiger partial charge in [0, 0.05) is 4.47 Å². The molecule has 0 unspecified atom stereocenters. The van der Waals surface area contributed by atoms with Crippen molar-refractivity contribution in [3.05, 3.63) is 70.2 Å². The fourth-order valence-electron chi connectivity index (χ4n) is 2.14. The predicted octanol–water partition coefficient (Wildman–Crippen LogP) is 3.32. The number of rotatable bonds is 5. The summed E-state index contributed by atoms with van der Waals surface area (Å²) in [6.45, 7) is 0. The maximum absolute atomic E-state index is 11.6. The van der Waals surface area contributed by atoms with Crippen LogP contribution in [0.1, 0.15) is 17.5 Å². The van der Waals surface area contributed by atoms with Gasteiger partial charge >= 0.3 is 5.97 Å². The Labute approximate surface area is 126 Å². The molecule has 0 fully saturated rings. The Morgan fingerprint density at radius 2 is 1.85 bits per heavy atom. The minimum atomic E-state index is -1.36. The SMILES string of the molecule is N[C@](CCc1cccc(Br)c1)(C(=O)O)c1ccccc1. The number of hydrogen-bond donors (Lipinski definition) is 2. The van der Waals surface area contributed by atoms with E-state index >= 15 is 0 Å². The van der Waals surface area contributed by atoms with Gasteiger partial charge in [0.25, 0.3) is 0 Å². The molecular weight excluding hydrogens is 318 g/mol. The summed E-state index contributed by atoms with van der Waals surface area (Å²) in [5, 5.41) is 9.48. The Morgan fingerprint density at radius 1 is 1.15 bits per heavy atom. The van der Waals surface area contributed by atoms with Crippen molar-refractivity contribution in [2.75, 3.05) is 0 Å². The van der Waals surface area contributed by atoms with Crippen LogP contribution in [0.3, 0.4) is 0 Å². The molecule has 104 valence electrons. The van der Waals surface area contributed by atoms with E-state index in [1.165, 1.54) is 0 Å². The molecule has 0 radical (unpaired) electrons. The minimum absolute atomic E-state index is 0.350. The molecule has 1 atom stereocenters. The highest BCUT2D eigenvalue weighted by Gasteiger charge is 2.35. The van der Waals surface area contributed by atoms with Gasteiger partial charge in [-0.25, -0.2) is 4.79 Å². The quantitative estimate of drug-likeness (QED) is 0.882. The summed E-state index contributed by atoms with van der Waals surface area (Å²) in [6.07, 6.45) is 0.958. The molecule has 2 aromatic carbocycles. The Bertz CT molecular complexity index is 600. The fourth-order valence-corrected chi connectivity index (χ4v) is 2.59. The van der Waals surface area contributed by atoms with Crippen LogP contribution in [0.25, 0.3) is 0 Å². The van der Waals surface area contributed by atoms with Crippen LogP contribution in [0.5, 0.6) is 0 Å². The van der Waals surface area contributed by atoms with Gasteiger partial charge in [-0.1, -0.05) is 58.4 Å². The minimum Gasteiger partial charge on any atom is -0.480 e. The van der Waals surface area contributed by atoms with Gasteiger partial charge in [0.2, 0.25) is 0 Å². The van der Waals surface area contributed by atoms with Gasteiger partial charge in [0.15, 0.2) is 0 Å². The molecule has 2 rings (SSSR count). The lowest BCUT2D eigenvalue weighted by Gasteiger charge is -2.25. The normalized spacial score (nSPS) is 13.7. The smallest absolute Gasteiger partial charge is 0.328 e. The largest absolute Gasteiger partial charge is 0.480 e. The summed E-state index contributed by atoms with van der Waals surface area (Å²) in [5.41, 5.74) is 6.47. The van der Waals surface area contributed by atoms with E-state index < -0.39 is 11.5 Å². The molecule has 0 bridgehead atoms. The van der Waals surface area contributed by atoms with Gasteiger partial charge in [0.1, 0.15) is 5.54 Å². The van der Waals surface area contributed by atoms with Crippen LogP contribution in [0, 0.1) is 0 Å². The first-order valence-electron chi connectivity index (χ1n) is 6.34. The number of aliphatic carboxylic acids is 1. The highest BCUT2D eigenvalue weighted by atomic mass is 79.9. The fraction of sp³-hybridized carbons (Fsp3) is 0.188. The molecule has 4 heteroatoms. The molecule has 0 spiro atoms. The predicted molar refractivity (Wildman–Crippen MR) is 82.4 cm³/mol. The van der Waals surface area contributed by atoms with Gasteiger partial charge in [-0.15, -0.1) is 0 Å². The van der Waals surface area contributed by atoms with E-state index in [4.69, 9.17) is 5.73 Å². The molecule has 2 aromatic rings. The average molecular weight is 334 g/mol. The van der Waals surface area contributed by atoms with Gasteiger partial charge in [-0.05, 0) is 36.1 Å². The van der Waals surface area contributed by atoms with Gasteiger partial charge < -0.3 is 10.8 Å². The lowest BCUT2D eigenvalue weighted by molar-refractivity contribution is -0.144. The molecule has 0 aromatic heterocycles. The van der Waals surface area contributed by atoms with Crippen molar-refractivity contribution < 1.29 is 9.90 Å². The Balaban J connectivity index is 2.20. The Hall–Kier alpha value is -1.65. The van der Waals surface area contributed by atoms with Crippen molar-refractivity contribution in [3.63, 3.8) is 0 Å². The zero-order valence-electron chi connectivity index (χ0n) is 10.9. The van der Waals surface area contributed by atoms with E-state index in [1.54, 1.807) is 24.3 Å². The highest BCUT2D eigenvalue weighted by Crippen LogP contribution is 2.25. The lowest BCUT2D eigenvalue weighted by Crippen LogP contribution is -2.45.